The van der Waals surface area contributed by atoms with Crippen molar-refractivity contribution in [3.63, 3.8) is 0 Å². The molecule has 4 rings (SSSR count). The van der Waals surface area contributed by atoms with E-state index in [9.17, 15) is 0 Å². The van der Waals surface area contributed by atoms with Gasteiger partial charge in [0.2, 0.25) is 0 Å². The lowest BCUT2D eigenvalue weighted by molar-refractivity contribution is 0.247. The molecule has 0 N–H and O–H groups in total. The first-order chi connectivity index (χ1) is 10.8. The van der Waals surface area contributed by atoms with Gasteiger partial charge in [0, 0.05) is 37.6 Å². The predicted octanol–water partition coefficient (Wildman–Crippen LogP) is 3.47. The molecule has 1 aromatic heterocycles. The molecule has 0 atom stereocenters. The van der Waals surface area contributed by atoms with Crippen molar-refractivity contribution in [2.45, 2.75) is 38.6 Å². The quantitative estimate of drug-likeness (QED) is 0.861. The van der Waals surface area contributed by atoms with Gasteiger partial charge in [-0.1, -0.05) is 19.4 Å². The lowest BCUT2D eigenvalue weighted by atomic mass is 10.1. The molecule has 2 fully saturated rings. The minimum absolute atomic E-state index is 0.892. The zero-order valence-electron chi connectivity index (χ0n) is 13.5. The molecule has 1 aliphatic heterocycles. The molecule has 116 valence electrons. The second-order valence-electron chi connectivity index (χ2n) is 6.70. The Morgan fingerprint density at radius 1 is 1.05 bits per heavy atom. The van der Waals surface area contributed by atoms with Crippen molar-refractivity contribution in [3.05, 3.63) is 35.9 Å². The molecular formula is C19H25N3. The molecule has 1 saturated carbocycles. The summed E-state index contributed by atoms with van der Waals surface area (Å²) in [6, 6.07) is 12.0. The summed E-state index contributed by atoms with van der Waals surface area (Å²) in [6.45, 7) is 6.85. The first-order valence-corrected chi connectivity index (χ1v) is 8.72. The Bertz CT molecular complexity index is 655. The maximum Gasteiger partial charge on any atom is 0.129 e. The number of benzene rings is 1. The Kier molecular flexibility index (Phi) is 3.75. The number of rotatable bonds is 4. The van der Waals surface area contributed by atoms with Gasteiger partial charge in [-0.05, 0) is 49.1 Å². The van der Waals surface area contributed by atoms with Gasteiger partial charge in [0.05, 0.1) is 5.52 Å². The third-order valence-electron chi connectivity index (χ3n) is 4.98. The molecule has 1 aliphatic carbocycles. The van der Waals surface area contributed by atoms with Crippen LogP contribution in [-0.2, 0) is 6.42 Å². The highest BCUT2D eigenvalue weighted by Gasteiger charge is 2.31. The van der Waals surface area contributed by atoms with Crippen LogP contribution in [0.25, 0.3) is 10.9 Å². The average Bonchev–Trinajstić information content (AvgIpc) is 3.40. The third kappa shape index (κ3) is 2.82. The monoisotopic (exact) mass is 295 g/mol. The van der Waals surface area contributed by atoms with E-state index in [0.717, 1.165) is 36.9 Å². The Morgan fingerprint density at radius 2 is 1.86 bits per heavy atom. The molecule has 0 amide bonds. The largest absolute Gasteiger partial charge is 0.354 e. The van der Waals surface area contributed by atoms with Crippen molar-refractivity contribution in [2.75, 3.05) is 31.1 Å². The van der Waals surface area contributed by atoms with E-state index >= 15 is 0 Å². The molecule has 0 bridgehead atoms. The highest BCUT2D eigenvalue weighted by atomic mass is 15.3. The van der Waals surface area contributed by atoms with Crippen LogP contribution in [0, 0.1) is 0 Å². The summed E-state index contributed by atoms with van der Waals surface area (Å²) in [4.78, 5) is 9.98. The van der Waals surface area contributed by atoms with E-state index in [0.29, 0.717) is 0 Å². The van der Waals surface area contributed by atoms with Crippen LogP contribution in [0.2, 0.25) is 0 Å². The van der Waals surface area contributed by atoms with Crippen LogP contribution < -0.4 is 4.90 Å². The summed E-state index contributed by atoms with van der Waals surface area (Å²) in [5.41, 5.74) is 2.55. The van der Waals surface area contributed by atoms with Gasteiger partial charge in [0.15, 0.2) is 0 Å². The fraction of sp³-hybridized carbons (Fsp3) is 0.526. The van der Waals surface area contributed by atoms with Crippen molar-refractivity contribution >= 4 is 16.7 Å². The van der Waals surface area contributed by atoms with Crippen molar-refractivity contribution in [1.29, 1.82) is 0 Å². The summed E-state index contributed by atoms with van der Waals surface area (Å²) in [5.74, 6) is 1.14. The van der Waals surface area contributed by atoms with Gasteiger partial charge in [0.25, 0.3) is 0 Å². The van der Waals surface area contributed by atoms with E-state index in [-0.39, 0.29) is 0 Å². The van der Waals surface area contributed by atoms with Gasteiger partial charge < -0.3 is 4.90 Å². The standard InChI is InChI=1S/C19H25N3/c1-2-3-15-4-8-18-16(14-15)5-9-19(20-18)22-12-10-21(11-13-22)17-6-7-17/h4-5,8-9,14,17H,2-3,6-7,10-13H2,1H3. The molecule has 2 aliphatic rings. The van der Waals surface area contributed by atoms with Crippen molar-refractivity contribution in [2.24, 2.45) is 0 Å². The molecule has 22 heavy (non-hydrogen) atoms. The number of pyridine rings is 1. The highest BCUT2D eigenvalue weighted by Crippen LogP contribution is 2.28. The summed E-state index contributed by atoms with van der Waals surface area (Å²) in [6.07, 6.45) is 5.17. The predicted molar refractivity (Wildman–Crippen MR) is 92.5 cm³/mol. The molecule has 2 aromatic rings. The number of fused-ring (bicyclic) bond motifs is 1. The SMILES string of the molecule is CCCc1ccc2nc(N3CCN(C4CC4)CC3)ccc2c1. The van der Waals surface area contributed by atoms with Crippen LogP contribution >= 0.6 is 0 Å². The number of hydrogen-bond donors (Lipinski definition) is 0. The van der Waals surface area contributed by atoms with Crippen LogP contribution in [0.5, 0.6) is 0 Å². The molecule has 0 radical (unpaired) electrons. The fourth-order valence-electron chi connectivity index (χ4n) is 3.54. The minimum Gasteiger partial charge on any atom is -0.354 e. The lowest BCUT2D eigenvalue weighted by Gasteiger charge is -2.35. The van der Waals surface area contributed by atoms with Gasteiger partial charge in [0.1, 0.15) is 5.82 Å². The number of piperazine rings is 1. The molecule has 0 spiro atoms. The maximum atomic E-state index is 4.89. The molecule has 0 unspecified atom stereocenters. The van der Waals surface area contributed by atoms with Crippen LogP contribution in [0.4, 0.5) is 5.82 Å². The first-order valence-electron chi connectivity index (χ1n) is 8.72. The van der Waals surface area contributed by atoms with E-state index in [1.165, 1.54) is 43.3 Å². The number of aryl methyl sites for hydroxylation is 1. The van der Waals surface area contributed by atoms with E-state index < -0.39 is 0 Å². The zero-order chi connectivity index (χ0) is 14.9. The zero-order valence-corrected chi connectivity index (χ0v) is 13.5. The number of aromatic nitrogens is 1. The lowest BCUT2D eigenvalue weighted by Crippen LogP contribution is -2.47. The Balaban J connectivity index is 1.51. The van der Waals surface area contributed by atoms with E-state index in [4.69, 9.17) is 4.98 Å². The van der Waals surface area contributed by atoms with Crippen LogP contribution in [-0.4, -0.2) is 42.1 Å². The Morgan fingerprint density at radius 3 is 2.59 bits per heavy atom. The van der Waals surface area contributed by atoms with Gasteiger partial charge in [-0.25, -0.2) is 4.98 Å². The highest BCUT2D eigenvalue weighted by molar-refractivity contribution is 5.81. The summed E-state index contributed by atoms with van der Waals surface area (Å²) >= 11 is 0. The molecule has 1 saturated heterocycles. The fourth-order valence-corrected chi connectivity index (χ4v) is 3.54. The van der Waals surface area contributed by atoms with Gasteiger partial charge in [-0.15, -0.1) is 0 Å². The summed E-state index contributed by atoms with van der Waals surface area (Å²) in [7, 11) is 0. The van der Waals surface area contributed by atoms with Crippen molar-refractivity contribution < 1.29 is 0 Å². The first kappa shape index (κ1) is 14.0. The second-order valence-corrected chi connectivity index (χ2v) is 6.70. The van der Waals surface area contributed by atoms with Crippen molar-refractivity contribution in [1.82, 2.24) is 9.88 Å². The summed E-state index contributed by atoms with van der Waals surface area (Å²) < 4.78 is 0. The Hall–Kier alpha value is -1.61. The third-order valence-corrected chi connectivity index (χ3v) is 4.98. The van der Waals surface area contributed by atoms with Crippen molar-refractivity contribution in [3.8, 4) is 0 Å². The van der Waals surface area contributed by atoms with Crippen LogP contribution in [0.15, 0.2) is 30.3 Å². The number of anilines is 1. The molecule has 3 nitrogen and oxygen atoms in total. The number of nitrogens with zero attached hydrogens (tertiary/aromatic N) is 3. The topological polar surface area (TPSA) is 19.4 Å². The average molecular weight is 295 g/mol. The van der Waals surface area contributed by atoms with E-state index in [2.05, 4.69) is 47.1 Å². The van der Waals surface area contributed by atoms with Gasteiger partial charge in [-0.2, -0.15) is 0 Å². The smallest absolute Gasteiger partial charge is 0.129 e. The molecule has 1 aromatic carbocycles. The molecule has 2 heterocycles. The maximum absolute atomic E-state index is 4.89. The van der Waals surface area contributed by atoms with E-state index in [1.807, 2.05) is 0 Å². The molecular weight excluding hydrogens is 270 g/mol. The number of hydrogen-bond acceptors (Lipinski definition) is 3. The van der Waals surface area contributed by atoms with Gasteiger partial charge in [-0.3, -0.25) is 4.90 Å². The minimum atomic E-state index is 0.892. The Labute approximate surface area is 132 Å². The van der Waals surface area contributed by atoms with Gasteiger partial charge >= 0.3 is 0 Å². The van der Waals surface area contributed by atoms with Crippen LogP contribution in [0.3, 0.4) is 0 Å². The van der Waals surface area contributed by atoms with E-state index in [1.54, 1.807) is 0 Å². The molecule has 3 heteroatoms. The summed E-state index contributed by atoms with van der Waals surface area (Å²) in [5, 5.41) is 1.27. The van der Waals surface area contributed by atoms with Crippen LogP contribution in [0.1, 0.15) is 31.7 Å². The second kappa shape index (κ2) is 5.88. The normalized spacial score (nSPS) is 19.8.